The number of rotatable bonds is 4. The van der Waals surface area contributed by atoms with E-state index in [1.54, 1.807) is 0 Å². The minimum atomic E-state index is -3.88. The Balaban J connectivity index is 3.82. The average molecular weight is 221 g/mol. The van der Waals surface area contributed by atoms with E-state index in [-0.39, 0.29) is 11.1 Å². The van der Waals surface area contributed by atoms with Gasteiger partial charge in [0.2, 0.25) is 0 Å². The highest BCUT2D eigenvalue weighted by Crippen LogP contribution is 2.06. The summed E-state index contributed by atoms with van der Waals surface area (Å²) in [4.78, 5) is 0. The number of hydrogen-bond acceptors (Lipinski definition) is 4. The zero-order valence-electron chi connectivity index (χ0n) is 5.58. The average Bonchev–Trinajstić information content (AvgIpc) is 1.87. The van der Waals surface area contributed by atoms with Crippen molar-refractivity contribution >= 4 is 33.6 Å². The quantitative estimate of drug-likeness (QED) is 0.715. The van der Waals surface area contributed by atoms with Gasteiger partial charge in [0.05, 0.1) is 13.7 Å². The molecular weight excluding hydrogens is 215 g/mol. The fourth-order valence-corrected chi connectivity index (χ4v) is 0.685. The summed E-state index contributed by atoms with van der Waals surface area (Å²) in [5.41, 5.74) is 0. The van der Waals surface area contributed by atoms with Gasteiger partial charge in [0.15, 0.2) is 0 Å². The second-order valence-corrected chi connectivity index (χ2v) is 3.75. The lowest BCUT2D eigenvalue weighted by molar-refractivity contribution is 0.265. The Hall–Kier alpha value is 0.190. The van der Waals surface area contributed by atoms with Gasteiger partial charge in [-0.3, -0.25) is 4.18 Å². The Morgan fingerprint density at radius 3 is 2.45 bits per heavy atom. The first-order valence-corrected chi connectivity index (χ1v) is 4.53. The van der Waals surface area contributed by atoms with Crippen molar-refractivity contribution in [3.8, 4) is 0 Å². The summed E-state index contributed by atoms with van der Waals surface area (Å²) in [5.74, 6) is 0. The monoisotopic (exact) mass is 220 g/mol. The number of halogens is 2. The molecule has 66 valence electrons. The van der Waals surface area contributed by atoms with Crippen LogP contribution in [0.4, 0.5) is 0 Å². The molecule has 0 bridgehead atoms. The Bertz CT molecular complexity index is 228. The van der Waals surface area contributed by atoms with Gasteiger partial charge < -0.3 is 0 Å². The van der Waals surface area contributed by atoms with Crippen molar-refractivity contribution < 1.29 is 16.8 Å². The summed E-state index contributed by atoms with van der Waals surface area (Å²) in [6.07, 6.45) is 1.18. The summed E-state index contributed by atoms with van der Waals surface area (Å²) in [7, 11) is -2.89. The van der Waals surface area contributed by atoms with Crippen molar-refractivity contribution in [1.29, 1.82) is 0 Å². The first kappa shape index (κ1) is 11.2. The van der Waals surface area contributed by atoms with E-state index in [4.69, 9.17) is 23.2 Å². The SMILES string of the molecule is COS(=O)(=O)OCC=C(Cl)Cl. The highest BCUT2D eigenvalue weighted by atomic mass is 35.5. The highest BCUT2D eigenvalue weighted by Gasteiger charge is 2.06. The normalized spacial score (nSPS) is 11.2. The summed E-state index contributed by atoms with van der Waals surface area (Å²) in [6.45, 7) is -0.238. The Kier molecular flexibility index (Phi) is 5.03. The molecule has 0 rings (SSSR count). The molecule has 0 aromatic rings. The van der Waals surface area contributed by atoms with Gasteiger partial charge in [-0.05, 0) is 6.08 Å². The van der Waals surface area contributed by atoms with Crippen LogP contribution in [-0.4, -0.2) is 22.1 Å². The van der Waals surface area contributed by atoms with Gasteiger partial charge in [-0.25, -0.2) is 4.18 Å². The van der Waals surface area contributed by atoms with Crippen LogP contribution < -0.4 is 0 Å². The molecule has 0 aliphatic heterocycles. The molecule has 0 N–H and O–H groups in total. The van der Waals surface area contributed by atoms with Gasteiger partial charge in [0.1, 0.15) is 4.49 Å². The lowest BCUT2D eigenvalue weighted by Crippen LogP contribution is -2.06. The summed E-state index contributed by atoms with van der Waals surface area (Å²) in [5, 5.41) is 0. The van der Waals surface area contributed by atoms with E-state index in [0.29, 0.717) is 0 Å². The van der Waals surface area contributed by atoms with Crippen molar-refractivity contribution in [2.45, 2.75) is 0 Å². The van der Waals surface area contributed by atoms with E-state index < -0.39 is 10.4 Å². The maximum atomic E-state index is 10.4. The fourth-order valence-electron chi connectivity index (χ4n) is 0.228. The van der Waals surface area contributed by atoms with Crippen LogP contribution in [0.1, 0.15) is 0 Å². The van der Waals surface area contributed by atoms with Crippen LogP contribution in [0.15, 0.2) is 10.6 Å². The second kappa shape index (κ2) is 4.95. The molecule has 0 aromatic carbocycles. The van der Waals surface area contributed by atoms with Gasteiger partial charge in [0, 0.05) is 0 Å². The molecule has 0 saturated carbocycles. The Morgan fingerprint density at radius 1 is 1.55 bits per heavy atom. The molecular formula is C4H6Cl2O4S. The van der Waals surface area contributed by atoms with Crippen molar-refractivity contribution in [3.63, 3.8) is 0 Å². The first-order chi connectivity index (χ1) is 4.98. The van der Waals surface area contributed by atoms with Crippen molar-refractivity contribution in [2.24, 2.45) is 0 Å². The Labute approximate surface area is 75.0 Å². The maximum Gasteiger partial charge on any atom is 0.399 e. The van der Waals surface area contributed by atoms with Crippen LogP contribution in [0.3, 0.4) is 0 Å². The molecule has 0 spiro atoms. The Morgan fingerprint density at radius 2 is 2.09 bits per heavy atom. The van der Waals surface area contributed by atoms with Crippen LogP contribution in [0.5, 0.6) is 0 Å². The molecule has 0 unspecified atom stereocenters. The lowest BCUT2D eigenvalue weighted by atomic mass is 10.7. The van der Waals surface area contributed by atoms with Gasteiger partial charge in [-0.2, -0.15) is 8.42 Å². The van der Waals surface area contributed by atoms with E-state index >= 15 is 0 Å². The third kappa shape index (κ3) is 6.58. The topological polar surface area (TPSA) is 52.6 Å². The standard InChI is InChI=1S/C4H6Cl2O4S/c1-9-11(7,8)10-3-2-4(5)6/h2H,3H2,1H3. The molecule has 7 heteroatoms. The zero-order valence-corrected chi connectivity index (χ0v) is 7.91. The predicted molar refractivity (Wildman–Crippen MR) is 41.7 cm³/mol. The second-order valence-electron chi connectivity index (χ2n) is 1.35. The summed E-state index contributed by atoms with van der Waals surface area (Å²) in [6, 6.07) is 0. The summed E-state index contributed by atoms with van der Waals surface area (Å²) >= 11 is 10.3. The maximum absolute atomic E-state index is 10.4. The molecule has 0 amide bonds. The van der Waals surface area contributed by atoms with Gasteiger partial charge >= 0.3 is 10.4 Å². The van der Waals surface area contributed by atoms with Crippen LogP contribution in [-0.2, 0) is 18.8 Å². The molecule has 0 heterocycles. The van der Waals surface area contributed by atoms with Crippen LogP contribution in [0.25, 0.3) is 0 Å². The number of hydrogen-bond donors (Lipinski definition) is 0. The van der Waals surface area contributed by atoms with E-state index in [1.807, 2.05) is 0 Å². The molecule has 0 atom stereocenters. The predicted octanol–water partition coefficient (Wildman–Crippen LogP) is 1.21. The van der Waals surface area contributed by atoms with E-state index in [2.05, 4.69) is 8.37 Å². The highest BCUT2D eigenvalue weighted by molar-refractivity contribution is 7.81. The lowest BCUT2D eigenvalue weighted by Gasteiger charge is -1.97. The zero-order chi connectivity index (χ0) is 8.91. The van der Waals surface area contributed by atoms with Crippen LogP contribution in [0.2, 0.25) is 0 Å². The van der Waals surface area contributed by atoms with Crippen molar-refractivity contribution in [3.05, 3.63) is 10.6 Å². The van der Waals surface area contributed by atoms with Crippen molar-refractivity contribution in [2.75, 3.05) is 13.7 Å². The molecule has 0 aliphatic carbocycles. The third-order valence-electron chi connectivity index (χ3n) is 0.654. The van der Waals surface area contributed by atoms with E-state index in [1.165, 1.54) is 6.08 Å². The molecule has 0 fully saturated rings. The minimum Gasteiger partial charge on any atom is -0.252 e. The first-order valence-electron chi connectivity index (χ1n) is 2.44. The molecule has 4 nitrogen and oxygen atoms in total. The minimum absolute atomic E-state index is 0.0590. The van der Waals surface area contributed by atoms with Crippen LogP contribution >= 0.6 is 23.2 Å². The van der Waals surface area contributed by atoms with Crippen molar-refractivity contribution in [1.82, 2.24) is 0 Å². The van der Waals surface area contributed by atoms with Crippen LogP contribution in [0, 0.1) is 0 Å². The largest absolute Gasteiger partial charge is 0.399 e. The third-order valence-corrected chi connectivity index (χ3v) is 1.80. The fraction of sp³-hybridized carbons (Fsp3) is 0.500. The molecule has 0 aromatic heterocycles. The van der Waals surface area contributed by atoms with E-state index in [0.717, 1.165) is 7.11 Å². The van der Waals surface area contributed by atoms with Gasteiger partial charge in [-0.15, -0.1) is 0 Å². The van der Waals surface area contributed by atoms with Gasteiger partial charge in [-0.1, -0.05) is 23.2 Å². The molecule has 0 saturated heterocycles. The van der Waals surface area contributed by atoms with E-state index in [9.17, 15) is 8.42 Å². The molecule has 11 heavy (non-hydrogen) atoms. The molecule has 0 radical (unpaired) electrons. The van der Waals surface area contributed by atoms with Gasteiger partial charge in [0.25, 0.3) is 0 Å². The smallest absolute Gasteiger partial charge is 0.252 e. The molecule has 0 aliphatic rings. The summed E-state index contributed by atoms with van der Waals surface area (Å²) < 4.78 is 28.9.